The van der Waals surface area contributed by atoms with E-state index in [1.54, 1.807) is 12.4 Å². The molecule has 0 radical (unpaired) electrons. The second kappa shape index (κ2) is 6.29. The predicted molar refractivity (Wildman–Crippen MR) is 89.9 cm³/mol. The van der Waals surface area contributed by atoms with Gasteiger partial charge in [0.05, 0.1) is 11.3 Å². The molecule has 2 heterocycles. The Morgan fingerprint density at radius 3 is 2.95 bits per heavy atom. The molecule has 0 aliphatic heterocycles. The molecule has 112 valence electrons. The summed E-state index contributed by atoms with van der Waals surface area (Å²) in [6, 6.07) is 9.48. The number of benzene rings is 1. The van der Waals surface area contributed by atoms with E-state index in [1.807, 2.05) is 30.3 Å². The number of para-hydroxylation sites is 1. The fourth-order valence-electron chi connectivity index (χ4n) is 2.28. The summed E-state index contributed by atoms with van der Waals surface area (Å²) in [5.74, 6) is 0.0315. The van der Waals surface area contributed by atoms with Crippen LogP contribution in [0.15, 0.2) is 46.0 Å². The maximum Gasteiger partial charge on any atom is 0.199 e. The van der Waals surface area contributed by atoms with Crippen molar-refractivity contribution in [1.29, 1.82) is 0 Å². The van der Waals surface area contributed by atoms with Crippen molar-refractivity contribution in [2.75, 3.05) is 6.61 Å². The number of nitrogens with zero attached hydrogens (tertiary/aromatic N) is 2. The average molecular weight is 360 g/mol. The number of rotatable bonds is 4. The van der Waals surface area contributed by atoms with Crippen molar-refractivity contribution in [2.45, 2.75) is 6.42 Å². The first-order valence-electron chi connectivity index (χ1n) is 6.78. The van der Waals surface area contributed by atoms with Gasteiger partial charge in [0.1, 0.15) is 5.65 Å². The fourth-order valence-corrected chi connectivity index (χ4v) is 2.62. The number of hydrogen-bond acceptors (Lipinski definition) is 4. The van der Waals surface area contributed by atoms with Crippen LogP contribution in [0.1, 0.15) is 11.1 Å². The van der Waals surface area contributed by atoms with Crippen LogP contribution in [0.2, 0.25) is 0 Å². The van der Waals surface area contributed by atoms with E-state index in [2.05, 4.69) is 30.9 Å². The summed E-state index contributed by atoms with van der Waals surface area (Å²) >= 11 is 3.37. The highest BCUT2D eigenvalue weighted by Crippen LogP contribution is 2.27. The van der Waals surface area contributed by atoms with Gasteiger partial charge in [0.2, 0.25) is 0 Å². The zero-order chi connectivity index (χ0) is 15.5. The number of hydrogen-bond donors (Lipinski definition) is 3. The number of halogens is 1. The first-order chi connectivity index (χ1) is 10.7. The van der Waals surface area contributed by atoms with Crippen molar-refractivity contribution in [2.24, 2.45) is 4.99 Å². The molecule has 0 aliphatic rings. The van der Waals surface area contributed by atoms with Crippen LogP contribution in [0.25, 0.3) is 11.0 Å². The highest BCUT2D eigenvalue weighted by molar-refractivity contribution is 9.10. The minimum atomic E-state index is 0.0315. The molecule has 6 heteroatoms. The summed E-state index contributed by atoms with van der Waals surface area (Å²) in [5.41, 5.74) is 2.92. The number of fused-ring (bicyclic) bond motifs is 1. The van der Waals surface area contributed by atoms with E-state index in [-0.39, 0.29) is 12.5 Å². The zero-order valence-electron chi connectivity index (χ0n) is 11.6. The number of nitrogens with one attached hydrogen (secondary N) is 1. The number of aromatic amines is 1. The average Bonchev–Trinajstić information content (AvgIpc) is 2.82. The van der Waals surface area contributed by atoms with Crippen molar-refractivity contribution < 1.29 is 10.2 Å². The normalized spacial score (nSPS) is 11.5. The van der Waals surface area contributed by atoms with Gasteiger partial charge in [-0.15, -0.1) is 0 Å². The van der Waals surface area contributed by atoms with Gasteiger partial charge in [0.25, 0.3) is 0 Å². The molecule has 1 aromatic carbocycles. The number of aromatic hydroxyl groups is 1. The third-order valence-electron chi connectivity index (χ3n) is 3.34. The molecule has 3 rings (SSSR count). The van der Waals surface area contributed by atoms with Gasteiger partial charge in [-0.05, 0) is 40.0 Å². The van der Waals surface area contributed by atoms with E-state index in [4.69, 9.17) is 5.11 Å². The Kier molecular flexibility index (Phi) is 4.22. The van der Waals surface area contributed by atoms with Gasteiger partial charge in [-0.25, -0.2) is 4.98 Å². The fraction of sp³-hybridized carbons (Fsp3) is 0.125. The van der Waals surface area contributed by atoms with Crippen LogP contribution in [0.3, 0.4) is 0 Å². The smallest absolute Gasteiger partial charge is 0.199 e. The quantitative estimate of drug-likeness (QED) is 0.625. The predicted octanol–water partition coefficient (Wildman–Crippen LogP) is 3.32. The maximum absolute atomic E-state index is 10.0. The molecule has 0 atom stereocenters. The Morgan fingerprint density at radius 2 is 2.14 bits per heavy atom. The highest BCUT2D eigenvalue weighted by atomic mass is 79.9. The van der Waals surface area contributed by atoms with Gasteiger partial charge in [-0.2, -0.15) is 0 Å². The highest BCUT2D eigenvalue weighted by Gasteiger charge is 2.10. The zero-order valence-corrected chi connectivity index (χ0v) is 13.2. The number of aliphatic hydroxyl groups is 1. The number of aromatic nitrogens is 2. The number of aliphatic hydroxyl groups excluding tert-OH is 1. The minimum absolute atomic E-state index is 0.0315. The summed E-state index contributed by atoms with van der Waals surface area (Å²) in [6.45, 7) is 0.0712. The van der Waals surface area contributed by atoms with Crippen LogP contribution in [0.4, 0.5) is 5.69 Å². The van der Waals surface area contributed by atoms with E-state index in [9.17, 15) is 5.11 Å². The first kappa shape index (κ1) is 14.7. The minimum Gasteiger partial charge on any atom is -0.494 e. The molecule has 0 unspecified atom stereocenters. The lowest BCUT2D eigenvalue weighted by Gasteiger charge is -2.02. The van der Waals surface area contributed by atoms with E-state index in [0.717, 1.165) is 21.1 Å². The molecule has 5 nitrogen and oxygen atoms in total. The molecule has 0 spiro atoms. The monoisotopic (exact) mass is 359 g/mol. The van der Waals surface area contributed by atoms with Crippen molar-refractivity contribution in [3.63, 3.8) is 0 Å². The van der Waals surface area contributed by atoms with Gasteiger partial charge >= 0.3 is 0 Å². The molecule has 22 heavy (non-hydrogen) atoms. The van der Waals surface area contributed by atoms with Crippen LogP contribution < -0.4 is 0 Å². The third-order valence-corrected chi connectivity index (χ3v) is 3.78. The van der Waals surface area contributed by atoms with Crippen LogP contribution in [-0.4, -0.2) is 33.0 Å². The summed E-state index contributed by atoms with van der Waals surface area (Å²) in [7, 11) is 0. The molecular weight excluding hydrogens is 346 g/mol. The van der Waals surface area contributed by atoms with Gasteiger partial charge in [-0.1, -0.05) is 18.2 Å². The molecule has 0 saturated carbocycles. The van der Waals surface area contributed by atoms with E-state index >= 15 is 0 Å². The third kappa shape index (κ3) is 2.88. The van der Waals surface area contributed by atoms with E-state index in [1.165, 1.54) is 0 Å². The molecule has 2 aromatic heterocycles. The van der Waals surface area contributed by atoms with E-state index in [0.29, 0.717) is 17.6 Å². The number of H-pyrrole nitrogens is 1. The molecule has 3 N–H and O–H groups in total. The van der Waals surface area contributed by atoms with Gasteiger partial charge in [-0.3, -0.25) is 4.99 Å². The summed E-state index contributed by atoms with van der Waals surface area (Å²) < 4.78 is 0.828. The summed E-state index contributed by atoms with van der Waals surface area (Å²) in [4.78, 5) is 11.5. The number of pyridine rings is 1. The largest absolute Gasteiger partial charge is 0.494 e. The Balaban J connectivity index is 2.03. The second-order valence-electron chi connectivity index (χ2n) is 4.80. The summed E-state index contributed by atoms with van der Waals surface area (Å²) in [5, 5.41) is 19.9. The van der Waals surface area contributed by atoms with Crippen molar-refractivity contribution in [3.05, 3.63) is 52.1 Å². The SMILES string of the molecule is OCCc1ccccc1N=Cc1c(O)[nH]c2ncc(Br)cc12. The van der Waals surface area contributed by atoms with Crippen molar-refractivity contribution in [3.8, 4) is 5.88 Å². The lowest BCUT2D eigenvalue weighted by molar-refractivity contribution is 0.300. The van der Waals surface area contributed by atoms with Gasteiger partial charge < -0.3 is 15.2 Å². The Bertz CT molecular complexity index is 843. The van der Waals surface area contributed by atoms with Gasteiger partial charge in [0.15, 0.2) is 5.88 Å². The first-order valence-corrected chi connectivity index (χ1v) is 7.57. The van der Waals surface area contributed by atoms with Crippen LogP contribution in [0.5, 0.6) is 5.88 Å². The molecule has 3 aromatic rings. The molecule has 0 fully saturated rings. The molecule has 0 aliphatic carbocycles. The molecule has 0 amide bonds. The Hall–Kier alpha value is -2.18. The molecular formula is C16H14BrN3O2. The second-order valence-corrected chi connectivity index (χ2v) is 5.71. The summed E-state index contributed by atoms with van der Waals surface area (Å²) in [6.07, 6.45) is 3.81. The van der Waals surface area contributed by atoms with Gasteiger partial charge in [0, 0.05) is 28.9 Å². The maximum atomic E-state index is 10.0. The van der Waals surface area contributed by atoms with E-state index < -0.39 is 0 Å². The standard InChI is InChI=1S/C16H14BrN3O2/c17-11-7-12-13(16(22)20-15(12)19-8-11)9-18-14-4-2-1-3-10(14)5-6-21/h1-4,7-9,21-22H,5-6H2,(H,19,20). The van der Waals surface area contributed by atoms with Crippen molar-refractivity contribution in [1.82, 2.24) is 9.97 Å². The lowest BCUT2D eigenvalue weighted by Crippen LogP contribution is -1.91. The van der Waals surface area contributed by atoms with Crippen LogP contribution in [0, 0.1) is 0 Å². The van der Waals surface area contributed by atoms with Crippen molar-refractivity contribution >= 4 is 38.9 Å². The Labute approximate surface area is 135 Å². The Morgan fingerprint density at radius 1 is 1.32 bits per heavy atom. The molecule has 0 bridgehead atoms. The topological polar surface area (TPSA) is 81.5 Å². The van der Waals surface area contributed by atoms with Crippen LogP contribution >= 0.6 is 15.9 Å². The lowest BCUT2D eigenvalue weighted by atomic mass is 10.1. The van der Waals surface area contributed by atoms with Crippen LogP contribution in [-0.2, 0) is 6.42 Å². The molecule has 0 saturated heterocycles. The number of aliphatic imine (C=N–C) groups is 1.